The third kappa shape index (κ3) is 14.4. The van der Waals surface area contributed by atoms with Crippen LogP contribution in [0.4, 0.5) is 0 Å². The van der Waals surface area contributed by atoms with Gasteiger partial charge in [-0.15, -0.1) is 0 Å². The third-order valence-electron chi connectivity index (χ3n) is 5.10. The standard InChI is InChI=1S/C24H38O4.K/c1-2-3-4-5-6-7-8-9-10-11-12-13-14-17-20-28-24(27)22-19-16-15-18-21(22)23(25)26;/h15-16,18-19H,2-14,17,20H2,1H3,(H,25,26);/q;+1/p-1. The Kier molecular flexibility index (Phi) is 19.6. The molecule has 4 nitrogen and oxygen atoms in total. The minimum atomic E-state index is -1.36. The van der Waals surface area contributed by atoms with Gasteiger partial charge in [0.2, 0.25) is 0 Å². The summed E-state index contributed by atoms with van der Waals surface area (Å²) in [6.07, 6.45) is 17.9. The molecule has 0 aromatic heterocycles. The fraction of sp³-hybridized carbons (Fsp3) is 0.667. The minimum Gasteiger partial charge on any atom is -0.545 e. The summed E-state index contributed by atoms with van der Waals surface area (Å²) in [6.45, 7) is 2.59. The predicted molar refractivity (Wildman–Crippen MR) is 111 cm³/mol. The first kappa shape index (κ1) is 28.8. The van der Waals surface area contributed by atoms with Gasteiger partial charge >= 0.3 is 57.4 Å². The van der Waals surface area contributed by atoms with Crippen molar-refractivity contribution in [3.05, 3.63) is 35.4 Å². The number of carbonyl (C=O) groups excluding carboxylic acids is 2. The summed E-state index contributed by atoms with van der Waals surface area (Å²) in [5.74, 6) is -1.95. The van der Waals surface area contributed by atoms with Crippen molar-refractivity contribution < 1.29 is 70.8 Å². The number of hydrogen-bond acceptors (Lipinski definition) is 4. The molecule has 1 aromatic carbocycles. The topological polar surface area (TPSA) is 66.4 Å². The number of carboxylic acid groups (broad SMARTS) is 1. The van der Waals surface area contributed by atoms with E-state index in [2.05, 4.69) is 6.92 Å². The molecule has 0 atom stereocenters. The predicted octanol–water partition coefficient (Wildman–Crippen LogP) is 2.69. The second-order valence-corrected chi connectivity index (χ2v) is 7.57. The molecular formula is C24H37KO4. The Balaban J connectivity index is 0.00000784. The van der Waals surface area contributed by atoms with Crippen molar-refractivity contribution in [2.45, 2.75) is 96.8 Å². The Bertz CT molecular complexity index is 560. The van der Waals surface area contributed by atoms with Crippen molar-refractivity contribution in [1.29, 1.82) is 0 Å². The van der Waals surface area contributed by atoms with Gasteiger partial charge in [0.05, 0.1) is 18.1 Å². The van der Waals surface area contributed by atoms with Crippen molar-refractivity contribution in [2.75, 3.05) is 6.61 Å². The number of carboxylic acids is 1. The number of ether oxygens (including phenoxy) is 1. The van der Waals surface area contributed by atoms with Gasteiger partial charge in [-0.1, -0.05) is 109 Å². The molecule has 158 valence electrons. The van der Waals surface area contributed by atoms with E-state index in [1.807, 2.05) is 0 Å². The van der Waals surface area contributed by atoms with Crippen molar-refractivity contribution in [1.82, 2.24) is 0 Å². The molecular weight excluding hydrogens is 391 g/mol. The summed E-state index contributed by atoms with van der Waals surface area (Å²) in [6, 6.07) is 6.00. The molecule has 0 unspecified atom stereocenters. The van der Waals surface area contributed by atoms with Crippen LogP contribution in [-0.4, -0.2) is 18.5 Å². The molecule has 0 N–H and O–H groups in total. The monoisotopic (exact) mass is 428 g/mol. The molecule has 5 heteroatoms. The number of benzene rings is 1. The summed E-state index contributed by atoms with van der Waals surface area (Å²) < 4.78 is 5.20. The second kappa shape index (κ2) is 19.7. The molecule has 0 fully saturated rings. The molecule has 0 heterocycles. The molecule has 0 radical (unpaired) electrons. The van der Waals surface area contributed by atoms with E-state index in [0.717, 1.165) is 19.3 Å². The molecule has 1 aromatic rings. The molecule has 0 bridgehead atoms. The second-order valence-electron chi connectivity index (χ2n) is 7.57. The molecule has 0 saturated carbocycles. The zero-order valence-corrected chi connectivity index (χ0v) is 21.7. The van der Waals surface area contributed by atoms with Gasteiger partial charge in [0.25, 0.3) is 0 Å². The Hall–Kier alpha value is -0.204. The van der Waals surface area contributed by atoms with Crippen LogP contribution >= 0.6 is 0 Å². The Morgan fingerprint density at radius 3 is 1.59 bits per heavy atom. The van der Waals surface area contributed by atoms with Crippen LogP contribution in [-0.2, 0) is 4.74 Å². The van der Waals surface area contributed by atoms with Crippen LogP contribution in [0.5, 0.6) is 0 Å². The van der Waals surface area contributed by atoms with Gasteiger partial charge in [-0.05, 0) is 12.5 Å². The maximum absolute atomic E-state index is 12.0. The van der Waals surface area contributed by atoms with E-state index >= 15 is 0 Å². The fourth-order valence-corrected chi connectivity index (χ4v) is 3.38. The van der Waals surface area contributed by atoms with E-state index in [-0.39, 0.29) is 62.5 Å². The maximum Gasteiger partial charge on any atom is 1.00 e. The molecule has 0 aliphatic carbocycles. The SMILES string of the molecule is CCCCCCCCCCCCCCCCOC(=O)c1ccccc1C(=O)[O-].[K+]. The van der Waals surface area contributed by atoms with Crippen molar-refractivity contribution >= 4 is 11.9 Å². The average Bonchev–Trinajstić information content (AvgIpc) is 2.70. The van der Waals surface area contributed by atoms with Gasteiger partial charge < -0.3 is 14.6 Å². The van der Waals surface area contributed by atoms with Gasteiger partial charge in [0.1, 0.15) is 0 Å². The minimum absolute atomic E-state index is 0. The first-order chi connectivity index (χ1) is 13.7. The van der Waals surface area contributed by atoms with Gasteiger partial charge in [-0.3, -0.25) is 0 Å². The van der Waals surface area contributed by atoms with E-state index in [9.17, 15) is 14.7 Å². The number of aromatic carboxylic acids is 1. The number of carbonyl (C=O) groups is 2. The van der Waals surface area contributed by atoms with Crippen molar-refractivity contribution in [2.24, 2.45) is 0 Å². The maximum atomic E-state index is 12.0. The molecule has 29 heavy (non-hydrogen) atoms. The van der Waals surface area contributed by atoms with E-state index in [4.69, 9.17) is 4.74 Å². The van der Waals surface area contributed by atoms with Crippen molar-refractivity contribution in [3.8, 4) is 0 Å². The van der Waals surface area contributed by atoms with Gasteiger partial charge in [-0.25, -0.2) is 4.79 Å². The number of hydrogen-bond donors (Lipinski definition) is 0. The van der Waals surface area contributed by atoms with E-state index in [1.54, 1.807) is 12.1 Å². The molecule has 0 spiro atoms. The summed E-state index contributed by atoms with van der Waals surface area (Å²) in [5, 5.41) is 11.0. The smallest absolute Gasteiger partial charge is 0.545 e. The summed E-state index contributed by atoms with van der Waals surface area (Å²) in [5.41, 5.74) is -0.0543. The molecule has 1 rings (SSSR count). The van der Waals surface area contributed by atoms with E-state index in [1.165, 1.54) is 82.8 Å². The van der Waals surface area contributed by atoms with Gasteiger partial charge in [0, 0.05) is 5.56 Å². The summed E-state index contributed by atoms with van der Waals surface area (Å²) >= 11 is 0. The largest absolute Gasteiger partial charge is 1.00 e. The van der Waals surface area contributed by atoms with Gasteiger partial charge in [-0.2, -0.15) is 0 Å². The first-order valence-electron chi connectivity index (χ1n) is 11.1. The normalized spacial score (nSPS) is 10.4. The zero-order chi connectivity index (χ0) is 20.5. The molecule has 0 aliphatic heterocycles. The van der Waals surface area contributed by atoms with E-state index < -0.39 is 11.9 Å². The van der Waals surface area contributed by atoms with Crippen LogP contribution in [0.15, 0.2) is 24.3 Å². The Labute approximate surface area is 219 Å². The molecule has 0 aliphatic rings. The Morgan fingerprint density at radius 1 is 0.724 bits per heavy atom. The zero-order valence-electron chi connectivity index (χ0n) is 18.5. The van der Waals surface area contributed by atoms with E-state index in [0.29, 0.717) is 6.61 Å². The van der Waals surface area contributed by atoms with Crippen LogP contribution in [0.25, 0.3) is 0 Å². The van der Waals surface area contributed by atoms with Crippen LogP contribution in [0.3, 0.4) is 0 Å². The molecule has 0 amide bonds. The number of unbranched alkanes of at least 4 members (excludes halogenated alkanes) is 13. The van der Waals surface area contributed by atoms with Crippen LogP contribution in [0.1, 0.15) is 118 Å². The first-order valence-corrected chi connectivity index (χ1v) is 11.1. The number of rotatable bonds is 17. The van der Waals surface area contributed by atoms with Crippen LogP contribution in [0, 0.1) is 0 Å². The molecule has 0 saturated heterocycles. The summed E-state index contributed by atoms with van der Waals surface area (Å²) in [7, 11) is 0. The fourth-order valence-electron chi connectivity index (χ4n) is 3.38. The Morgan fingerprint density at radius 2 is 1.14 bits per heavy atom. The van der Waals surface area contributed by atoms with Crippen LogP contribution < -0.4 is 56.5 Å². The van der Waals surface area contributed by atoms with Crippen molar-refractivity contribution in [3.63, 3.8) is 0 Å². The number of esters is 1. The quantitative estimate of drug-likeness (QED) is 0.217. The van der Waals surface area contributed by atoms with Gasteiger partial charge in [0.15, 0.2) is 0 Å². The van der Waals surface area contributed by atoms with Crippen LogP contribution in [0.2, 0.25) is 0 Å². The summed E-state index contributed by atoms with van der Waals surface area (Å²) in [4.78, 5) is 23.0. The third-order valence-corrected chi connectivity index (χ3v) is 5.10. The average molecular weight is 429 g/mol.